The summed E-state index contributed by atoms with van der Waals surface area (Å²) in [4.78, 5) is 6.96. The molecule has 2 rings (SSSR count). The van der Waals surface area contributed by atoms with Gasteiger partial charge in [-0.3, -0.25) is 0 Å². The van der Waals surface area contributed by atoms with E-state index in [9.17, 15) is 0 Å². The highest BCUT2D eigenvalue weighted by Crippen LogP contribution is 2.22. The average Bonchev–Trinajstić information content (AvgIpc) is 3.03. The van der Waals surface area contributed by atoms with Crippen LogP contribution in [0.15, 0.2) is 5.38 Å². The highest BCUT2D eigenvalue weighted by atomic mass is 32.1. The molecular formula is C13H23N3S. The first-order valence-corrected chi connectivity index (χ1v) is 7.46. The van der Waals surface area contributed by atoms with Gasteiger partial charge in [0.15, 0.2) is 5.13 Å². The second-order valence-corrected chi connectivity index (χ2v) is 6.01. The number of aromatic nitrogens is 1. The van der Waals surface area contributed by atoms with Crippen molar-refractivity contribution in [3.63, 3.8) is 0 Å². The molecule has 1 saturated carbocycles. The molecule has 4 heteroatoms. The number of hydrogen-bond acceptors (Lipinski definition) is 4. The van der Waals surface area contributed by atoms with Crippen molar-refractivity contribution >= 4 is 16.5 Å². The van der Waals surface area contributed by atoms with Gasteiger partial charge in [-0.25, -0.2) is 4.98 Å². The zero-order valence-electron chi connectivity index (χ0n) is 11.1. The van der Waals surface area contributed by atoms with Crippen LogP contribution in [0.5, 0.6) is 0 Å². The van der Waals surface area contributed by atoms with Crippen LogP contribution in [0.3, 0.4) is 0 Å². The first kappa shape index (κ1) is 12.8. The largest absolute Gasteiger partial charge is 0.351 e. The monoisotopic (exact) mass is 253 g/mol. The molecule has 96 valence electrons. The predicted octanol–water partition coefficient (Wildman–Crippen LogP) is 2.88. The van der Waals surface area contributed by atoms with Crippen LogP contribution in [0.25, 0.3) is 0 Å². The molecule has 1 heterocycles. The van der Waals surface area contributed by atoms with Crippen LogP contribution in [0.2, 0.25) is 0 Å². The Bertz CT molecular complexity index is 346. The Morgan fingerprint density at radius 3 is 3.00 bits per heavy atom. The Morgan fingerprint density at radius 2 is 2.35 bits per heavy atom. The maximum absolute atomic E-state index is 4.68. The lowest BCUT2D eigenvalue weighted by Crippen LogP contribution is -2.23. The molecule has 17 heavy (non-hydrogen) atoms. The summed E-state index contributed by atoms with van der Waals surface area (Å²) in [6, 6.07) is 0.762. The summed E-state index contributed by atoms with van der Waals surface area (Å²) in [5, 5.41) is 6.83. The topological polar surface area (TPSA) is 28.2 Å². The fraction of sp³-hybridized carbons (Fsp3) is 0.769. The molecule has 1 fully saturated rings. The van der Waals surface area contributed by atoms with E-state index in [2.05, 4.69) is 41.5 Å². The Labute approximate surface area is 108 Å². The zero-order valence-corrected chi connectivity index (χ0v) is 11.9. The second kappa shape index (κ2) is 5.83. The van der Waals surface area contributed by atoms with Gasteiger partial charge in [0.25, 0.3) is 0 Å². The van der Waals surface area contributed by atoms with Gasteiger partial charge in [0.05, 0.1) is 5.69 Å². The van der Waals surface area contributed by atoms with Gasteiger partial charge in [0, 0.05) is 31.6 Å². The Balaban J connectivity index is 1.82. The minimum Gasteiger partial charge on any atom is -0.351 e. The second-order valence-electron chi connectivity index (χ2n) is 5.17. The lowest BCUT2D eigenvalue weighted by atomic mass is 10.1. The van der Waals surface area contributed by atoms with E-state index in [1.54, 1.807) is 11.3 Å². The molecule has 1 aliphatic carbocycles. The first-order valence-electron chi connectivity index (χ1n) is 6.58. The van der Waals surface area contributed by atoms with E-state index in [0.29, 0.717) is 0 Å². The van der Waals surface area contributed by atoms with Crippen molar-refractivity contribution in [2.45, 2.75) is 45.7 Å². The summed E-state index contributed by atoms with van der Waals surface area (Å²) in [6.07, 6.45) is 3.90. The van der Waals surface area contributed by atoms with Crippen molar-refractivity contribution in [1.82, 2.24) is 10.3 Å². The molecule has 0 spiro atoms. The van der Waals surface area contributed by atoms with E-state index >= 15 is 0 Å². The molecule has 0 bridgehead atoms. The lowest BCUT2D eigenvalue weighted by Gasteiger charge is -2.19. The standard InChI is InChI=1S/C13H23N3S/c1-4-10(2)8-16(3)13-15-12(9-17-13)7-14-11-5-6-11/h9-11,14H,4-8H2,1-3H3. The van der Waals surface area contributed by atoms with Crippen molar-refractivity contribution in [2.75, 3.05) is 18.5 Å². The number of anilines is 1. The minimum absolute atomic E-state index is 0.733. The SMILES string of the molecule is CCC(C)CN(C)c1nc(CNC2CC2)cs1. The molecular weight excluding hydrogens is 230 g/mol. The predicted molar refractivity (Wildman–Crippen MR) is 74.7 cm³/mol. The first-order chi connectivity index (χ1) is 8.19. The smallest absolute Gasteiger partial charge is 0.185 e. The molecule has 1 aliphatic rings. The van der Waals surface area contributed by atoms with Gasteiger partial charge in [-0.05, 0) is 18.8 Å². The average molecular weight is 253 g/mol. The lowest BCUT2D eigenvalue weighted by molar-refractivity contribution is 0.559. The molecule has 0 saturated heterocycles. The maximum Gasteiger partial charge on any atom is 0.185 e. The third-order valence-corrected chi connectivity index (χ3v) is 4.30. The van der Waals surface area contributed by atoms with E-state index in [0.717, 1.165) is 30.2 Å². The third-order valence-electron chi connectivity index (χ3n) is 3.30. The highest BCUT2D eigenvalue weighted by molar-refractivity contribution is 7.13. The van der Waals surface area contributed by atoms with Gasteiger partial charge in [-0.2, -0.15) is 0 Å². The summed E-state index contributed by atoms with van der Waals surface area (Å²) in [5.74, 6) is 0.733. The van der Waals surface area contributed by atoms with E-state index in [1.807, 2.05) is 0 Å². The number of rotatable bonds is 7. The normalized spacial score (nSPS) is 17.1. The number of nitrogens with one attached hydrogen (secondary N) is 1. The van der Waals surface area contributed by atoms with Gasteiger partial charge >= 0.3 is 0 Å². The fourth-order valence-corrected chi connectivity index (χ4v) is 2.57. The molecule has 0 aliphatic heterocycles. The van der Waals surface area contributed by atoms with Gasteiger partial charge < -0.3 is 10.2 Å². The van der Waals surface area contributed by atoms with Crippen LogP contribution in [0.1, 0.15) is 38.8 Å². The summed E-state index contributed by atoms with van der Waals surface area (Å²) < 4.78 is 0. The van der Waals surface area contributed by atoms with Crippen LogP contribution >= 0.6 is 11.3 Å². The van der Waals surface area contributed by atoms with Crippen molar-refractivity contribution in [3.8, 4) is 0 Å². The number of hydrogen-bond donors (Lipinski definition) is 1. The van der Waals surface area contributed by atoms with Crippen molar-refractivity contribution in [2.24, 2.45) is 5.92 Å². The van der Waals surface area contributed by atoms with Crippen LogP contribution < -0.4 is 10.2 Å². The molecule has 3 nitrogen and oxygen atoms in total. The third kappa shape index (κ3) is 3.96. The molecule has 1 N–H and O–H groups in total. The Morgan fingerprint density at radius 1 is 1.59 bits per heavy atom. The van der Waals surface area contributed by atoms with Gasteiger partial charge in [0.1, 0.15) is 0 Å². The van der Waals surface area contributed by atoms with Crippen LogP contribution in [-0.2, 0) is 6.54 Å². The molecule has 0 aromatic carbocycles. The number of thiazole rings is 1. The zero-order chi connectivity index (χ0) is 12.3. The Hall–Kier alpha value is -0.610. The summed E-state index contributed by atoms with van der Waals surface area (Å²) in [5.41, 5.74) is 1.19. The molecule has 1 aromatic heterocycles. The van der Waals surface area contributed by atoms with Crippen molar-refractivity contribution in [1.29, 1.82) is 0 Å². The van der Waals surface area contributed by atoms with Crippen molar-refractivity contribution in [3.05, 3.63) is 11.1 Å². The molecule has 0 amide bonds. The molecule has 1 atom stereocenters. The summed E-state index contributed by atoms with van der Waals surface area (Å²) in [6.45, 7) is 6.56. The van der Waals surface area contributed by atoms with E-state index in [4.69, 9.17) is 0 Å². The quantitative estimate of drug-likeness (QED) is 0.810. The van der Waals surface area contributed by atoms with Crippen LogP contribution in [-0.4, -0.2) is 24.6 Å². The molecule has 1 unspecified atom stereocenters. The van der Waals surface area contributed by atoms with Crippen LogP contribution in [0.4, 0.5) is 5.13 Å². The van der Waals surface area contributed by atoms with E-state index in [1.165, 1.54) is 25.0 Å². The summed E-state index contributed by atoms with van der Waals surface area (Å²) in [7, 11) is 2.14. The fourth-order valence-electron chi connectivity index (χ4n) is 1.76. The minimum atomic E-state index is 0.733. The Kier molecular flexibility index (Phi) is 4.40. The summed E-state index contributed by atoms with van der Waals surface area (Å²) >= 11 is 1.76. The van der Waals surface area contributed by atoms with Crippen LogP contribution in [0, 0.1) is 5.92 Å². The van der Waals surface area contributed by atoms with E-state index < -0.39 is 0 Å². The molecule has 1 aromatic rings. The highest BCUT2D eigenvalue weighted by Gasteiger charge is 2.20. The van der Waals surface area contributed by atoms with E-state index in [-0.39, 0.29) is 0 Å². The maximum atomic E-state index is 4.68. The molecule has 0 radical (unpaired) electrons. The number of nitrogens with zero attached hydrogens (tertiary/aromatic N) is 2. The van der Waals surface area contributed by atoms with Gasteiger partial charge in [-0.15, -0.1) is 11.3 Å². The van der Waals surface area contributed by atoms with Crippen molar-refractivity contribution < 1.29 is 0 Å². The van der Waals surface area contributed by atoms with Gasteiger partial charge in [0.2, 0.25) is 0 Å². The van der Waals surface area contributed by atoms with Gasteiger partial charge in [-0.1, -0.05) is 20.3 Å².